The third-order valence-electron chi connectivity index (χ3n) is 2.35. The van der Waals surface area contributed by atoms with Gasteiger partial charge in [-0.25, -0.2) is 0 Å². The molecule has 116 valence electrons. The number of nitro groups is 2. The summed E-state index contributed by atoms with van der Waals surface area (Å²) in [5.74, 6) is 0. The molecule has 22 heavy (non-hydrogen) atoms. The molecule has 0 amide bonds. The van der Waals surface area contributed by atoms with Gasteiger partial charge in [0, 0.05) is 12.1 Å². The van der Waals surface area contributed by atoms with Gasteiger partial charge in [0.2, 0.25) is 0 Å². The van der Waals surface area contributed by atoms with Gasteiger partial charge in [-0.3, -0.25) is 20.2 Å². The van der Waals surface area contributed by atoms with Crippen LogP contribution in [0.1, 0.15) is 5.56 Å². The molecule has 0 aliphatic rings. The minimum Gasteiger partial charge on any atom is -0.258 e. The molecule has 0 aliphatic carbocycles. The number of nitro benzene ring substituents is 2. The second-order valence-corrected chi connectivity index (χ2v) is 3.90. The van der Waals surface area contributed by atoms with E-state index in [2.05, 4.69) is 0 Å². The molecule has 0 fully saturated rings. The molecular formula is C13H9F3N2O4. The van der Waals surface area contributed by atoms with Crippen molar-refractivity contribution in [1.29, 1.82) is 0 Å². The Morgan fingerprint density at radius 1 is 0.773 bits per heavy atom. The van der Waals surface area contributed by atoms with Gasteiger partial charge in [0.1, 0.15) is 0 Å². The predicted octanol–water partition coefficient (Wildman–Crippen LogP) is 4.21. The summed E-state index contributed by atoms with van der Waals surface area (Å²) in [6, 6.07) is 11.0. The van der Waals surface area contributed by atoms with Crippen LogP contribution in [0.5, 0.6) is 0 Å². The highest BCUT2D eigenvalue weighted by atomic mass is 19.4. The van der Waals surface area contributed by atoms with Crippen molar-refractivity contribution < 1.29 is 23.0 Å². The van der Waals surface area contributed by atoms with Gasteiger partial charge >= 0.3 is 6.18 Å². The van der Waals surface area contributed by atoms with E-state index in [0.717, 1.165) is 18.2 Å². The number of benzene rings is 2. The molecule has 0 heterocycles. The topological polar surface area (TPSA) is 86.3 Å². The van der Waals surface area contributed by atoms with Gasteiger partial charge in [0.15, 0.2) is 0 Å². The van der Waals surface area contributed by atoms with Crippen molar-refractivity contribution in [2.45, 2.75) is 6.18 Å². The summed E-state index contributed by atoms with van der Waals surface area (Å²) >= 11 is 0. The highest BCUT2D eigenvalue weighted by Crippen LogP contribution is 2.28. The SMILES string of the molecule is FC(F)(F)c1ccccc1.O=[N+]([O-])c1cccc([N+](=O)[O-])c1. The van der Waals surface area contributed by atoms with E-state index in [9.17, 15) is 33.4 Å². The van der Waals surface area contributed by atoms with Crippen molar-refractivity contribution in [3.63, 3.8) is 0 Å². The van der Waals surface area contributed by atoms with Crippen molar-refractivity contribution in [2.24, 2.45) is 0 Å². The maximum absolute atomic E-state index is 11.8. The molecule has 0 saturated carbocycles. The first-order chi connectivity index (χ1) is 10.2. The summed E-state index contributed by atoms with van der Waals surface area (Å²) in [4.78, 5) is 19.0. The zero-order valence-corrected chi connectivity index (χ0v) is 10.9. The van der Waals surface area contributed by atoms with E-state index < -0.39 is 21.6 Å². The Labute approximate surface area is 122 Å². The van der Waals surface area contributed by atoms with Crippen LogP contribution in [0.15, 0.2) is 54.6 Å². The monoisotopic (exact) mass is 314 g/mol. The number of hydrogen-bond donors (Lipinski definition) is 0. The van der Waals surface area contributed by atoms with Crippen LogP contribution in [0.2, 0.25) is 0 Å². The number of alkyl halides is 3. The van der Waals surface area contributed by atoms with E-state index in [0.29, 0.717) is 0 Å². The smallest absolute Gasteiger partial charge is 0.258 e. The standard InChI is InChI=1S/C7H5F3.C6H4N2O4/c8-7(9,10)6-4-2-1-3-5-6;9-7(10)5-2-1-3-6(4-5)8(11)12/h1-5H;1-4H. The fraction of sp³-hybridized carbons (Fsp3) is 0.0769. The molecule has 0 aromatic heterocycles. The Balaban J connectivity index is 0.000000224. The van der Waals surface area contributed by atoms with Gasteiger partial charge in [-0.05, 0) is 6.07 Å². The molecule has 0 radical (unpaired) electrons. The summed E-state index contributed by atoms with van der Waals surface area (Å²) < 4.78 is 35.4. The minimum absolute atomic E-state index is 0.274. The molecular weight excluding hydrogens is 305 g/mol. The quantitative estimate of drug-likeness (QED) is 0.613. The van der Waals surface area contributed by atoms with E-state index in [1.54, 1.807) is 6.07 Å². The van der Waals surface area contributed by atoms with Crippen LogP contribution in [0.25, 0.3) is 0 Å². The van der Waals surface area contributed by atoms with Crippen LogP contribution in [0.4, 0.5) is 24.5 Å². The van der Waals surface area contributed by atoms with Crippen LogP contribution in [0.3, 0.4) is 0 Å². The lowest BCUT2D eigenvalue weighted by molar-refractivity contribution is -0.394. The van der Waals surface area contributed by atoms with Gasteiger partial charge < -0.3 is 0 Å². The fourth-order valence-corrected chi connectivity index (χ4v) is 1.35. The molecule has 2 rings (SSSR count). The largest absolute Gasteiger partial charge is 0.416 e. The third-order valence-corrected chi connectivity index (χ3v) is 2.35. The van der Waals surface area contributed by atoms with Crippen molar-refractivity contribution in [3.05, 3.63) is 80.4 Å². The normalized spacial score (nSPS) is 10.3. The lowest BCUT2D eigenvalue weighted by Gasteiger charge is -2.03. The van der Waals surface area contributed by atoms with Gasteiger partial charge in [0.25, 0.3) is 11.4 Å². The average Bonchev–Trinajstić information content (AvgIpc) is 2.48. The molecule has 2 aromatic carbocycles. The van der Waals surface area contributed by atoms with Crippen LogP contribution in [-0.4, -0.2) is 9.85 Å². The molecule has 9 heteroatoms. The third kappa shape index (κ3) is 5.19. The lowest BCUT2D eigenvalue weighted by atomic mass is 10.2. The number of hydrogen-bond acceptors (Lipinski definition) is 4. The van der Waals surface area contributed by atoms with E-state index in [1.165, 1.54) is 30.3 Å². The Morgan fingerprint density at radius 2 is 1.23 bits per heavy atom. The fourth-order valence-electron chi connectivity index (χ4n) is 1.35. The number of non-ortho nitro benzene ring substituents is 2. The zero-order valence-electron chi connectivity index (χ0n) is 10.9. The average molecular weight is 314 g/mol. The Bertz CT molecular complexity index is 631. The van der Waals surface area contributed by atoms with Crippen molar-refractivity contribution in [1.82, 2.24) is 0 Å². The van der Waals surface area contributed by atoms with E-state index >= 15 is 0 Å². The van der Waals surface area contributed by atoms with Gasteiger partial charge in [-0.2, -0.15) is 13.2 Å². The van der Waals surface area contributed by atoms with E-state index in [-0.39, 0.29) is 11.4 Å². The molecule has 6 nitrogen and oxygen atoms in total. The number of rotatable bonds is 2. The number of halogens is 3. The molecule has 0 atom stereocenters. The van der Waals surface area contributed by atoms with Crippen LogP contribution >= 0.6 is 0 Å². The van der Waals surface area contributed by atoms with Crippen LogP contribution < -0.4 is 0 Å². The lowest BCUT2D eigenvalue weighted by Crippen LogP contribution is -2.03. The maximum Gasteiger partial charge on any atom is 0.416 e. The Morgan fingerprint density at radius 3 is 1.55 bits per heavy atom. The first-order valence-electron chi connectivity index (χ1n) is 5.73. The Kier molecular flexibility index (Phi) is 5.56. The summed E-state index contributed by atoms with van der Waals surface area (Å²) in [5, 5.41) is 20.3. The van der Waals surface area contributed by atoms with Gasteiger partial charge in [-0.1, -0.05) is 30.3 Å². The second-order valence-electron chi connectivity index (χ2n) is 3.90. The first-order valence-corrected chi connectivity index (χ1v) is 5.73. The second kappa shape index (κ2) is 7.16. The number of nitrogens with zero attached hydrogens (tertiary/aromatic N) is 2. The van der Waals surface area contributed by atoms with Gasteiger partial charge in [-0.15, -0.1) is 0 Å². The van der Waals surface area contributed by atoms with Gasteiger partial charge in [0.05, 0.1) is 21.5 Å². The van der Waals surface area contributed by atoms with E-state index in [1.807, 2.05) is 0 Å². The molecule has 0 N–H and O–H groups in total. The summed E-state index contributed by atoms with van der Waals surface area (Å²) in [6.45, 7) is 0. The predicted molar refractivity (Wildman–Crippen MR) is 71.2 cm³/mol. The zero-order chi connectivity index (χ0) is 16.8. The summed E-state index contributed by atoms with van der Waals surface area (Å²) in [5.41, 5.74) is -1.15. The Hall–Kier alpha value is -2.97. The highest BCUT2D eigenvalue weighted by Gasteiger charge is 2.29. The molecule has 0 saturated heterocycles. The molecule has 0 unspecified atom stereocenters. The molecule has 0 aliphatic heterocycles. The van der Waals surface area contributed by atoms with Crippen molar-refractivity contribution in [2.75, 3.05) is 0 Å². The minimum atomic E-state index is -4.21. The highest BCUT2D eigenvalue weighted by molar-refractivity contribution is 5.42. The van der Waals surface area contributed by atoms with E-state index in [4.69, 9.17) is 0 Å². The van der Waals surface area contributed by atoms with Crippen molar-refractivity contribution in [3.8, 4) is 0 Å². The summed E-state index contributed by atoms with van der Waals surface area (Å²) in [7, 11) is 0. The summed E-state index contributed by atoms with van der Waals surface area (Å²) in [6.07, 6.45) is -4.21. The maximum atomic E-state index is 11.8. The molecule has 0 spiro atoms. The molecule has 0 bridgehead atoms. The molecule has 2 aromatic rings. The van der Waals surface area contributed by atoms with Crippen molar-refractivity contribution >= 4 is 11.4 Å². The van der Waals surface area contributed by atoms with Crippen LogP contribution in [-0.2, 0) is 6.18 Å². The first kappa shape index (κ1) is 17.1. The van der Waals surface area contributed by atoms with Crippen LogP contribution in [0, 0.1) is 20.2 Å².